The molecule has 0 spiro atoms. The molecule has 0 saturated heterocycles. The minimum Gasteiger partial charge on any atom is -0.248 e. The molecule has 0 aliphatic heterocycles. The lowest BCUT2D eigenvalue weighted by atomic mass is 9.91. The van der Waals surface area contributed by atoms with E-state index in [0.717, 1.165) is 12.8 Å². The predicted molar refractivity (Wildman–Crippen MR) is 251 cm³/mol. The second-order valence-electron chi connectivity index (χ2n) is 16.8. The Kier molecular flexibility index (Phi) is 19.5. The van der Waals surface area contributed by atoms with E-state index in [-0.39, 0.29) is 0 Å². The average Bonchev–Trinajstić information content (AvgIpc) is 3.89. The van der Waals surface area contributed by atoms with Gasteiger partial charge in [-0.3, -0.25) is 0 Å². The minimum absolute atomic E-state index is 1.07. The van der Waals surface area contributed by atoms with Crippen molar-refractivity contribution in [3.8, 4) is 9.75 Å². The molecule has 0 radical (unpaired) electrons. The Balaban J connectivity index is 1.51. The van der Waals surface area contributed by atoms with Crippen LogP contribution in [0.3, 0.4) is 0 Å². The Labute approximate surface area is 348 Å². The predicted octanol–water partition coefficient (Wildman–Crippen LogP) is 18.0. The quantitative estimate of drug-likeness (QED) is 0.0450. The number of thiophene rings is 3. The average molecular weight is 801 g/mol. The first-order valence-electron chi connectivity index (χ1n) is 23.3. The SMILES string of the molecule is CCCCCCCCc1nc2c(C)sc(-c3cc4c(CCCCCCCC)c(CCCCCCCC)c5cc(C)sc5c4s3)c2nc1CCCCCCCC. The van der Waals surface area contributed by atoms with Gasteiger partial charge in [-0.15, -0.1) is 34.0 Å². The standard InChI is InChI=1S/C50H76N2S3/c1-7-11-15-19-23-27-31-39-40(32-28-24-20-16-12-8-2)42-36-45(55-49(42)48-41(39)35-37(5)53-48)50-47-46(38(6)54-50)51-43(33-29-25-21-17-13-9-3)44(52-47)34-30-26-22-18-14-10-4/h35-36H,7-34H2,1-6H3. The van der Waals surface area contributed by atoms with Gasteiger partial charge < -0.3 is 0 Å². The molecule has 55 heavy (non-hydrogen) atoms. The van der Waals surface area contributed by atoms with Crippen LogP contribution in [0.2, 0.25) is 0 Å². The van der Waals surface area contributed by atoms with Crippen molar-refractivity contribution in [1.82, 2.24) is 9.97 Å². The van der Waals surface area contributed by atoms with Crippen LogP contribution < -0.4 is 0 Å². The zero-order valence-electron chi connectivity index (χ0n) is 36.1. The first-order valence-corrected chi connectivity index (χ1v) is 25.7. The van der Waals surface area contributed by atoms with Crippen LogP contribution in [-0.4, -0.2) is 9.97 Å². The Morgan fingerprint density at radius 1 is 0.418 bits per heavy atom. The monoisotopic (exact) mass is 801 g/mol. The molecule has 0 amide bonds. The third-order valence-electron chi connectivity index (χ3n) is 12.0. The molecule has 2 nitrogen and oxygen atoms in total. The molecule has 4 aromatic heterocycles. The summed E-state index contributed by atoms with van der Waals surface area (Å²) < 4.78 is 3.06. The van der Waals surface area contributed by atoms with Gasteiger partial charge in [-0.2, -0.15) is 0 Å². The van der Waals surface area contributed by atoms with Gasteiger partial charge in [0.15, 0.2) is 0 Å². The van der Waals surface area contributed by atoms with Crippen LogP contribution in [0, 0.1) is 13.8 Å². The van der Waals surface area contributed by atoms with Gasteiger partial charge in [0.25, 0.3) is 0 Å². The molecule has 0 unspecified atom stereocenters. The summed E-state index contributed by atoms with van der Waals surface area (Å²) in [4.78, 5) is 16.7. The molecule has 1 aromatic carbocycles. The van der Waals surface area contributed by atoms with Crippen LogP contribution in [0.4, 0.5) is 0 Å². The van der Waals surface area contributed by atoms with E-state index in [0.29, 0.717) is 0 Å². The summed E-state index contributed by atoms with van der Waals surface area (Å²) in [7, 11) is 0. The van der Waals surface area contributed by atoms with Crippen molar-refractivity contribution >= 4 is 65.2 Å². The second-order valence-corrected chi connectivity index (χ2v) is 20.3. The number of unbranched alkanes of at least 4 members (excludes halogenated alkanes) is 20. The molecule has 5 aromatic rings. The summed E-state index contributed by atoms with van der Waals surface area (Å²) >= 11 is 6.03. The Morgan fingerprint density at radius 2 is 0.818 bits per heavy atom. The Bertz CT molecular complexity index is 1860. The minimum atomic E-state index is 1.07. The topological polar surface area (TPSA) is 25.8 Å². The molecule has 0 atom stereocenters. The molecule has 0 saturated carbocycles. The van der Waals surface area contributed by atoms with E-state index in [1.165, 1.54) is 218 Å². The van der Waals surface area contributed by atoms with Gasteiger partial charge in [-0.05, 0) is 99.2 Å². The van der Waals surface area contributed by atoms with Crippen LogP contribution in [0.25, 0.3) is 41.0 Å². The van der Waals surface area contributed by atoms with Gasteiger partial charge >= 0.3 is 0 Å². The number of rotatable bonds is 29. The number of nitrogens with zero attached hydrogens (tertiary/aromatic N) is 2. The van der Waals surface area contributed by atoms with Gasteiger partial charge in [0, 0.05) is 14.6 Å². The lowest BCUT2D eigenvalue weighted by Gasteiger charge is -2.14. The summed E-state index contributed by atoms with van der Waals surface area (Å²) in [5.41, 5.74) is 8.26. The molecule has 5 heteroatoms. The highest BCUT2D eigenvalue weighted by molar-refractivity contribution is 7.31. The lowest BCUT2D eigenvalue weighted by Crippen LogP contribution is -2.03. The summed E-state index contributed by atoms with van der Waals surface area (Å²) in [6.07, 6.45) is 36.7. The van der Waals surface area contributed by atoms with E-state index < -0.39 is 0 Å². The lowest BCUT2D eigenvalue weighted by molar-refractivity contribution is 0.593. The molecule has 5 rings (SSSR count). The molecule has 0 N–H and O–H groups in total. The maximum Gasteiger partial charge on any atom is 0.109 e. The third-order valence-corrected chi connectivity index (χ3v) is 15.6. The molecule has 0 aliphatic carbocycles. The normalized spacial score (nSPS) is 12.0. The van der Waals surface area contributed by atoms with E-state index in [4.69, 9.17) is 9.97 Å². The van der Waals surface area contributed by atoms with E-state index >= 15 is 0 Å². The van der Waals surface area contributed by atoms with Gasteiger partial charge in [-0.1, -0.05) is 156 Å². The zero-order chi connectivity index (χ0) is 38.8. The van der Waals surface area contributed by atoms with Crippen LogP contribution in [0.5, 0.6) is 0 Å². The van der Waals surface area contributed by atoms with Crippen LogP contribution in [0.1, 0.15) is 214 Å². The van der Waals surface area contributed by atoms with E-state index in [2.05, 4.69) is 53.7 Å². The van der Waals surface area contributed by atoms with E-state index in [1.54, 1.807) is 21.9 Å². The van der Waals surface area contributed by atoms with Crippen LogP contribution in [-0.2, 0) is 25.7 Å². The maximum atomic E-state index is 5.62. The molecular weight excluding hydrogens is 725 g/mol. The molecule has 304 valence electrons. The van der Waals surface area contributed by atoms with Gasteiger partial charge in [0.05, 0.1) is 25.7 Å². The number of aromatic nitrogens is 2. The smallest absolute Gasteiger partial charge is 0.109 e. The fraction of sp³-hybridized carbons (Fsp3) is 0.680. The first kappa shape index (κ1) is 44.3. The Morgan fingerprint density at radius 3 is 1.31 bits per heavy atom. The molecular formula is C50H76N2S3. The number of hydrogen-bond acceptors (Lipinski definition) is 5. The molecule has 0 bridgehead atoms. The van der Waals surface area contributed by atoms with Crippen LogP contribution in [0.15, 0.2) is 12.1 Å². The largest absolute Gasteiger partial charge is 0.248 e. The van der Waals surface area contributed by atoms with Gasteiger partial charge in [0.1, 0.15) is 11.0 Å². The fourth-order valence-corrected chi connectivity index (χ4v) is 12.3. The first-order chi connectivity index (χ1) is 27.0. The molecule has 0 aliphatic rings. The van der Waals surface area contributed by atoms with Gasteiger partial charge in [-0.25, -0.2) is 9.97 Å². The number of fused-ring (bicyclic) bond motifs is 4. The number of hydrogen-bond donors (Lipinski definition) is 0. The van der Waals surface area contributed by atoms with Gasteiger partial charge in [0.2, 0.25) is 0 Å². The van der Waals surface area contributed by atoms with Crippen molar-refractivity contribution in [2.24, 2.45) is 0 Å². The van der Waals surface area contributed by atoms with E-state index in [1.807, 2.05) is 34.0 Å². The fourth-order valence-electron chi connectivity index (χ4n) is 8.73. The second kappa shape index (κ2) is 24.2. The number of aryl methyl sites for hydroxylation is 6. The third kappa shape index (κ3) is 12.6. The highest BCUT2D eigenvalue weighted by atomic mass is 32.1. The Hall–Kier alpha value is -1.82. The highest BCUT2D eigenvalue weighted by Crippen LogP contribution is 2.48. The summed E-state index contributed by atoms with van der Waals surface area (Å²) in [6, 6.07) is 5.14. The van der Waals surface area contributed by atoms with E-state index in [9.17, 15) is 0 Å². The molecule has 4 heterocycles. The maximum absolute atomic E-state index is 5.62. The van der Waals surface area contributed by atoms with Crippen molar-refractivity contribution in [2.75, 3.05) is 0 Å². The van der Waals surface area contributed by atoms with Crippen molar-refractivity contribution in [3.63, 3.8) is 0 Å². The zero-order valence-corrected chi connectivity index (χ0v) is 38.5. The van der Waals surface area contributed by atoms with Crippen molar-refractivity contribution in [2.45, 2.75) is 221 Å². The highest BCUT2D eigenvalue weighted by Gasteiger charge is 2.23. The summed E-state index contributed by atoms with van der Waals surface area (Å²) in [5, 5.41) is 3.11. The van der Waals surface area contributed by atoms with Crippen molar-refractivity contribution in [1.29, 1.82) is 0 Å². The van der Waals surface area contributed by atoms with Crippen molar-refractivity contribution in [3.05, 3.63) is 44.4 Å². The number of benzene rings is 1. The van der Waals surface area contributed by atoms with Crippen molar-refractivity contribution < 1.29 is 0 Å². The molecule has 0 fully saturated rings. The summed E-state index contributed by atoms with van der Waals surface area (Å²) in [6.45, 7) is 13.9. The summed E-state index contributed by atoms with van der Waals surface area (Å²) in [5.74, 6) is 0. The van der Waals surface area contributed by atoms with Crippen LogP contribution >= 0.6 is 34.0 Å².